The fourth-order valence-electron chi connectivity index (χ4n) is 1.35. The van der Waals surface area contributed by atoms with Gasteiger partial charge in [0.25, 0.3) is 0 Å². The van der Waals surface area contributed by atoms with Crippen molar-refractivity contribution in [3.05, 3.63) is 47.8 Å². The van der Waals surface area contributed by atoms with Crippen LogP contribution in [0.15, 0.2) is 36.5 Å². The summed E-state index contributed by atoms with van der Waals surface area (Å²) in [4.78, 5) is 8.56. The largest absolute Gasteiger partial charge is 0.325 e. The van der Waals surface area contributed by atoms with Gasteiger partial charge in [-0.05, 0) is 43.7 Å². The number of hydrogen-bond acceptors (Lipinski definition) is 3. The second-order valence-electron chi connectivity index (χ2n) is 3.51. The Kier molecular flexibility index (Phi) is 2.63. The second kappa shape index (κ2) is 4.09. The number of nitrogens with one attached hydrogen (secondary N) is 1. The average Bonchev–Trinajstić information content (AvgIpc) is 2.17. The Balaban J connectivity index is 2.22. The smallest absolute Gasteiger partial charge is 0.131 e. The zero-order valence-corrected chi connectivity index (χ0v) is 8.86. The lowest BCUT2D eigenvalue weighted by atomic mass is 10.3. The number of aromatic nitrogens is 2. The molecule has 0 aliphatic carbocycles. The SMILES string of the molecule is Cc1ccnc(Nc2cccc(C)n2)c1. The molecule has 0 saturated heterocycles. The molecular weight excluding hydrogens is 186 g/mol. The summed E-state index contributed by atoms with van der Waals surface area (Å²) in [5, 5.41) is 3.16. The fourth-order valence-corrected chi connectivity index (χ4v) is 1.35. The van der Waals surface area contributed by atoms with Crippen LogP contribution in [0.25, 0.3) is 0 Å². The molecule has 0 aliphatic heterocycles. The van der Waals surface area contributed by atoms with Gasteiger partial charge in [0, 0.05) is 11.9 Å². The molecule has 0 amide bonds. The molecule has 0 atom stereocenters. The van der Waals surface area contributed by atoms with Gasteiger partial charge in [-0.25, -0.2) is 9.97 Å². The van der Waals surface area contributed by atoms with E-state index in [9.17, 15) is 0 Å². The van der Waals surface area contributed by atoms with E-state index in [1.165, 1.54) is 5.56 Å². The van der Waals surface area contributed by atoms with Crippen molar-refractivity contribution in [1.29, 1.82) is 0 Å². The standard InChI is InChI=1S/C12H13N3/c1-9-6-7-13-12(8-9)15-11-5-3-4-10(2)14-11/h3-8H,1-2H3,(H,13,14,15). The lowest BCUT2D eigenvalue weighted by Crippen LogP contribution is -1.96. The Bertz CT molecular complexity index is 422. The average molecular weight is 199 g/mol. The summed E-state index contributed by atoms with van der Waals surface area (Å²) in [6, 6.07) is 9.82. The predicted octanol–water partition coefficient (Wildman–Crippen LogP) is 2.84. The van der Waals surface area contributed by atoms with Crippen LogP contribution in [0.4, 0.5) is 11.6 Å². The highest BCUT2D eigenvalue weighted by Crippen LogP contribution is 2.12. The molecule has 0 bridgehead atoms. The number of nitrogens with zero attached hydrogens (tertiary/aromatic N) is 2. The number of rotatable bonds is 2. The van der Waals surface area contributed by atoms with Crippen molar-refractivity contribution in [2.75, 3.05) is 5.32 Å². The van der Waals surface area contributed by atoms with E-state index in [-0.39, 0.29) is 0 Å². The molecule has 0 spiro atoms. The molecule has 2 aromatic rings. The van der Waals surface area contributed by atoms with E-state index in [1.807, 2.05) is 44.2 Å². The first kappa shape index (κ1) is 9.65. The maximum atomic E-state index is 4.35. The molecule has 0 saturated carbocycles. The Hall–Kier alpha value is -1.90. The number of pyridine rings is 2. The Morgan fingerprint density at radius 2 is 1.93 bits per heavy atom. The quantitative estimate of drug-likeness (QED) is 0.808. The van der Waals surface area contributed by atoms with Crippen LogP contribution in [0.3, 0.4) is 0 Å². The maximum Gasteiger partial charge on any atom is 0.131 e. The van der Waals surface area contributed by atoms with E-state index < -0.39 is 0 Å². The van der Waals surface area contributed by atoms with E-state index in [2.05, 4.69) is 15.3 Å². The van der Waals surface area contributed by atoms with Crippen LogP contribution in [0.2, 0.25) is 0 Å². The summed E-state index contributed by atoms with van der Waals surface area (Å²) in [7, 11) is 0. The van der Waals surface area contributed by atoms with Crippen molar-refractivity contribution in [2.24, 2.45) is 0 Å². The van der Waals surface area contributed by atoms with Gasteiger partial charge in [0.15, 0.2) is 0 Å². The maximum absolute atomic E-state index is 4.35. The van der Waals surface area contributed by atoms with Gasteiger partial charge in [-0.1, -0.05) is 6.07 Å². The van der Waals surface area contributed by atoms with Gasteiger partial charge in [-0.15, -0.1) is 0 Å². The first-order valence-electron chi connectivity index (χ1n) is 4.87. The van der Waals surface area contributed by atoms with Gasteiger partial charge in [0.05, 0.1) is 0 Å². The highest BCUT2D eigenvalue weighted by atomic mass is 15.0. The Morgan fingerprint density at radius 3 is 2.67 bits per heavy atom. The Morgan fingerprint density at radius 1 is 1.07 bits per heavy atom. The third-order valence-corrected chi connectivity index (χ3v) is 2.06. The van der Waals surface area contributed by atoms with Crippen LogP contribution in [-0.2, 0) is 0 Å². The fraction of sp³-hybridized carbons (Fsp3) is 0.167. The van der Waals surface area contributed by atoms with Crippen molar-refractivity contribution in [3.63, 3.8) is 0 Å². The molecule has 76 valence electrons. The highest BCUT2D eigenvalue weighted by molar-refractivity contribution is 5.52. The summed E-state index contributed by atoms with van der Waals surface area (Å²) in [6.07, 6.45) is 1.79. The molecule has 2 rings (SSSR count). The number of hydrogen-bond donors (Lipinski definition) is 1. The van der Waals surface area contributed by atoms with E-state index in [1.54, 1.807) is 6.20 Å². The summed E-state index contributed by atoms with van der Waals surface area (Å²) in [5.74, 6) is 1.65. The van der Waals surface area contributed by atoms with Gasteiger partial charge < -0.3 is 5.32 Å². The third-order valence-electron chi connectivity index (χ3n) is 2.06. The zero-order valence-electron chi connectivity index (χ0n) is 8.86. The minimum Gasteiger partial charge on any atom is -0.325 e. The molecule has 0 aromatic carbocycles. The van der Waals surface area contributed by atoms with E-state index >= 15 is 0 Å². The number of anilines is 2. The van der Waals surface area contributed by atoms with Crippen molar-refractivity contribution >= 4 is 11.6 Å². The van der Waals surface area contributed by atoms with Crippen LogP contribution in [0, 0.1) is 13.8 Å². The van der Waals surface area contributed by atoms with Crippen molar-refractivity contribution < 1.29 is 0 Å². The number of aryl methyl sites for hydroxylation is 2. The van der Waals surface area contributed by atoms with Gasteiger partial charge in [-0.3, -0.25) is 0 Å². The normalized spacial score (nSPS) is 10.0. The van der Waals surface area contributed by atoms with Crippen molar-refractivity contribution in [1.82, 2.24) is 9.97 Å². The third kappa shape index (κ3) is 2.53. The van der Waals surface area contributed by atoms with E-state index in [0.29, 0.717) is 0 Å². The van der Waals surface area contributed by atoms with Crippen molar-refractivity contribution in [2.45, 2.75) is 13.8 Å². The Labute approximate surface area is 89.2 Å². The van der Waals surface area contributed by atoms with Crippen LogP contribution in [0.5, 0.6) is 0 Å². The lowest BCUT2D eigenvalue weighted by molar-refractivity contribution is 1.18. The summed E-state index contributed by atoms with van der Waals surface area (Å²) in [6.45, 7) is 4.01. The van der Waals surface area contributed by atoms with Crippen LogP contribution >= 0.6 is 0 Å². The minimum atomic E-state index is 0.827. The minimum absolute atomic E-state index is 0.827. The topological polar surface area (TPSA) is 37.8 Å². The summed E-state index contributed by atoms with van der Waals surface area (Å²) >= 11 is 0. The zero-order chi connectivity index (χ0) is 10.7. The highest BCUT2D eigenvalue weighted by Gasteiger charge is 1.97. The second-order valence-corrected chi connectivity index (χ2v) is 3.51. The molecule has 1 N–H and O–H groups in total. The molecule has 2 aromatic heterocycles. The van der Waals surface area contributed by atoms with Gasteiger partial charge >= 0.3 is 0 Å². The first-order chi connectivity index (χ1) is 7.24. The monoisotopic (exact) mass is 199 g/mol. The molecule has 0 fully saturated rings. The van der Waals surface area contributed by atoms with Gasteiger partial charge in [0.2, 0.25) is 0 Å². The molecular formula is C12H13N3. The first-order valence-corrected chi connectivity index (χ1v) is 4.87. The van der Waals surface area contributed by atoms with Crippen LogP contribution in [0.1, 0.15) is 11.3 Å². The molecule has 15 heavy (non-hydrogen) atoms. The van der Waals surface area contributed by atoms with Crippen LogP contribution < -0.4 is 5.32 Å². The van der Waals surface area contributed by atoms with Gasteiger partial charge in [0.1, 0.15) is 11.6 Å². The van der Waals surface area contributed by atoms with E-state index in [4.69, 9.17) is 0 Å². The van der Waals surface area contributed by atoms with Crippen LogP contribution in [-0.4, -0.2) is 9.97 Å². The molecule has 0 unspecified atom stereocenters. The van der Waals surface area contributed by atoms with E-state index in [0.717, 1.165) is 17.3 Å². The lowest BCUT2D eigenvalue weighted by Gasteiger charge is -2.05. The molecule has 2 heterocycles. The van der Waals surface area contributed by atoms with Gasteiger partial charge in [-0.2, -0.15) is 0 Å². The molecule has 0 aliphatic rings. The summed E-state index contributed by atoms with van der Waals surface area (Å²) in [5.41, 5.74) is 2.17. The molecule has 0 radical (unpaired) electrons. The molecule has 3 nitrogen and oxygen atoms in total. The molecule has 3 heteroatoms. The van der Waals surface area contributed by atoms with Crippen molar-refractivity contribution in [3.8, 4) is 0 Å². The predicted molar refractivity (Wildman–Crippen MR) is 61.2 cm³/mol. The summed E-state index contributed by atoms with van der Waals surface area (Å²) < 4.78 is 0.